The van der Waals surface area contributed by atoms with Gasteiger partial charge in [0.15, 0.2) is 0 Å². The van der Waals surface area contributed by atoms with Crippen molar-refractivity contribution >= 4 is 45.8 Å². The molecule has 0 N–H and O–H groups in total. The third-order valence-corrected chi connectivity index (χ3v) is 4.46. The van der Waals surface area contributed by atoms with E-state index >= 15 is 0 Å². The molecule has 0 bridgehead atoms. The standard InChI is InChI=1S/C12H14INO3S/c1-2-17-11(15)6-14(9-3-4-9)12(16)8-5-10(13)18-7-8/h5,7,9H,2-4,6H2,1H3. The number of thiophene rings is 1. The molecule has 18 heavy (non-hydrogen) atoms. The van der Waals surface area contributed by atoms with Crippen LogP contribution in [-0.2, 0) is 9.53 Å². The Morgan fingerprint density at radius 1 is 1.56 bits per heavy atom. The van der Waals surface area contributed by atoms with Crippen molar-refractivity contribution in [3.63, 3.8) is 0 Å². The van der Waals surface area contributed by atoms with Crippen LogP contribution in [0.25, 0.3) is 0 Å². The fraction of sp³-hybridized carbons (Fsp3) is 0.500. The molecular formula is C12H14INO3S. The smallest absolute Gasteiger partial charge is 0.325 e. The van der Waals surface area contributed by atoms with Gasteiger partial charge in [0.25, 0.3) is 5.91 Å². The van der Waals surface area contributed by atoms with Crippen LogP contribution in [0, 0.1) is 2.88 Å². The highest BCUT2D eigenvalue weighted by molar-refractivity contribution is 14.1. The number of carbonyl (C=O) groups is 2. The number of ether oxygens (including phenoxy) is 1. The molecule has 1 aliphatic rings. The average Bonchev–Trinajstić information content (AvgIpc) is 3.08. The summed E-state index contributed by atoms with van der Waals surface area (Å²) < 4.78 is 5.98. The molecule has 6 heteroatoms. The summed E-state index contributed by atoms with van der Waals surface area (Å²) in [5.41, 5.74) is 0.667. The first-order chi connectivity index (χ1) is 8.61. The molecule has 1 heterocycles. The summed E-state index contributed by atoms with van der Waals surface area (Å²) in [6, 6.07) is 2.06. The van der Waals surface area contributed by atoms with Crippen molar-refractivity contribution in [1.82, 2.24) is 4.90 Å². The molecule has 0 aliphatic heterocycles. The summed E-state index contributed by atoms with van der Waals surface area (Å²) >= 11 is 3.72. The first-order valence-electron chi connectivity index (χ1n) is 5.82. The van der Waals surface area contributed by atoms with Crippen LogP contribution >= 0.6 is 33.9 Å². The Kier molecular flexibility index (Phi) is 4.60. The number of nitrogens with zero attached hydrogens (tertiary/aromatic N) is 1. The zero-order valence-corrected chi connectivity index (χ0v) is 13.0. The zero-order valence-electron chi connectivity index (χ0n) is 10.0. The lowest BCUT2D eigenvalue weighted by Crippen LogP contribution is -2.38. The van der Waals surface area contributed by atoms with E-state index in [4.69, 9.17) is 4.74 Å². The van der Waals surface area contributed by atoms with Gasteiger partial charge in [-0.25, -0.2) is 0 Å². The highest BCUT2D eigenvalue weighted by Crippen LogP contribution is 2.29. The van der Waals surface area contributed by atoms with Crippen LogP contribution in [0.4, 0.5) is 0 Å². The molecule has 0 unspecified atom stereocenters. The Morgan fingerprint density at radius 2 is 2.28 bits per heavy atom. The molecule has 2 rings (SSSR count). The topological polar surface area (TPSA) is 46.6 Å². The maximum Gasteiger partial charge on any atom is 0.325 e. The van der Waals surface area contributed by atoms with Crippen molar-refractivity contribution in [3.8, 4) is 0 Å². The highest BCUT2D eigenvalue weighted by Gasteiger charge is 2.34. The number of esters is 1. The first kappa shape index (κ1) is 13.8. The summed E-state index contributed by atoms with van der Waals surface area (Å²) in [4.78, 5) is 25.4. The van der Waals surface area contributed by atoms with Crippen LogP contribution in [0.3, 0.4) is 0 Å². The summed E-state index contributed by atoms with van der Waals surface area (Å²) in [7, 11) is 0. The molecule has 0 radical (unpaired) electrons. The summed E-state index contributed by atoms with van der Waals surface area (Å²) in [5, 5.41) is 1.84. The lowest BCUT2D eigenvalue weighted by molar-refractivity contribution is -0.143. The van der Waals surface area contributed by atoms with Gasteiger partial charge in [-0.2, -0.15) is 0 Å². The van der Waals surface area contributed by atoms with Gasteiger partial charge in [-0.3, -0.25) is 9.59 Å². The number of hydrogen-bond donors (Lipinski definition) is 0. The van der Waals surface area contributed by atoms with E-state index in [0.29, 0.717) is 12.2 Å². The van der Waals surface area contributed by atoms with Crippen molar-refractivity contribution in [2.75, 3.05) is 13.2 Å². The minimum Gasteiger partial charge on any atom is -0.465 e. The normalized spacial score (nSPS) is 14.3. The minimum absolute atomic E-state index is 0.0593. The molecule has 98 valence electrons. The van der Waals surface area contributed by atoms with E-state index in [1.807, 2.05) is 11.4 Å². The van der Waals surface area contributed by atoms with Gasteiger partial charge >= 0.3 is 5.97 Å². The average molecular weight is 379 g/mol. The third-order valence-electron chi connectivity index (χ3n) is 2.67. The van der Waals surface area contributed by atoms with E-state index in [9.17, 15) is 9.59 Å². The summed E-state index contributed by atoms with van der Waals surface area (Å²) in [6.45, 7) is 2.17. The number of carbonyl (C=O) groups excluding carboxylic acids is 2. The Morgan fingerprint density at radius 3 is 2.78 bits per heavy atom. The van der Waals surface area contributed by atoms with Gasteiger partial charge in [0.05, 0.1) is 15.1 Å². The Labute approximate surface area is 123 Å². The molecule has 4 nitrogen and oxygen atoms in total. The van der Waals surface area contributed by atoms with Crippen molar-refractivity contribution in [2.45, 2.75) is 25.8 Å². The van der Waals surface area contributed by atoms with Gasteiger partial charge in [0.1, 0.15) is 6.54 Å². The molecule has 0 atom stereocenters. The summed E-state index contributed by atoms with van der Waals surface area (Å²) in [5.74, 6) is -0.396. The second-order valence-electron chi connectivity index (χ2n) is 4.11. The molecule has 1 saturated carbocycles. The summed E-state index contributed by atoms with van der Waals surface area (Å²) in [6.07, 6.45) is 1.96. The van der Waals surface area contributed by atoms with Crippen molar-refractivity contribution in [2.24, 2.45) is 0 Å². The van der Waals surface area contributed by atoms with E-state index < -0.39 is 0 Å². The molecule has 1 fully saturated rings. The van der Waals surface area contributed by atoms with E-state index in [1.165, 1.54) is 11.3 Å². The molecule has 1 aromatic rings. The van der Waals surface area contributed by atoms with Gasteiger partial charge in [-0.05, 0) is 48.4 Å². The number of halogens is 1. The van der Waals surface area contributed by atoms with Crippen LogP contribution < -0.4 is 0 Å². The van der Waals surface area contributed by atoms with Gasteiger partial charge in [-0.15, -0.1) is 11.3 Å². The van der Waals surface area contributed by atoms with Crippen molar-refractivity contribution in [1.29, 1.82) is 0 Å². The zero-order chi connectivity index (χ0) is 13.1. The third kappa shape index (κ3) is 3.44. The van der Waals surface area contributed by atoms with E-state index in [1.54, 1.807) is 11.8 Å². The molecule has 1 aromatic heterocycles. The molecule has 1 amide bonds. The van der Waals surface area contributed by atoms with E-state index in [-0.39, 0.29) is 24.5 Å². The van der Waals surface area contributed by atoms with E-state index in [0.717, 1.165) is 15.7 Å². The predicted octanol–water partition coefficient (Wildman–Crippen LogP) is 2.52. The van der Waals surface area contributed by atoms with Gasteiger partial charge in [0.2, 0.25) is 0 Å². The van der Waals surface area contributed by atoms with Gasteiger partial charge in [-0.1, -0.05) is 0 Å². The van der Waals surface area contributed by atoms with Crippen LogP contribution in [0.2, 0.25) is 0 Å². The Balaban J connectivity index is 2.05. The second kappa shape index (κ2) is 6.01. The molecular weight excluding hydrogens is 365 g/mol. The maximum atomic E-state index is 12.3. The van der Waals surface area contributed by atoms with Gasteiger partial charge in [0, 0.05) is 11.4 Å². The van der Waals surface area contributed by atoms with Crippen molar-refractivity contribution in [3.05, 3.63) is 19.9 Å². The highest BCUT2D eigenvalue weighted by atomic mass is 127. The first-order valence-corrected chi connectivity index (χ1v) is 7.78. The van der Waals surface area contributed by atoms with E-state index in [2.05, 4.69) is 22.6 Å². The molecule has 0 spiro atoms. The molecule has 1 aliphatic carbocycles. The fourth-order valence-electron chi connectivity index (χ4n) is 1.69. The number of amides is 1. The SMILES string of the molecule is CCOC(=O)CN(C(=O)c1csc(I)c1)C1CC1. The lowest BCUT2D eigenvalue weighted by Gasteiger charge is -2.20. The monoisotopic (exact) mass is 379 g/mol. The van der Waals surface area contributed by atoms with Crippen LogP contribution in [0.5, 0.6) is 0 Å². The van der Waals surface area contributed by atoms with Crippen molar-refractivity contribution < 1.29 is 14.3 Å². The predicted molar refractivity (Wildman–Crippen MR) is 77.7 cm³/mol. The van der Waals surface area contributed by atoms with Gasteiger partial charge < -0.3 is 9.64 Å². The number of rotatable bonds is 5. The Bertz CT molecular complexity index is 456. The second-order valence-corrected chi connectivity index (χ2v) is 6.91. The Hall–Kier alpha value is -0.630. The quantitative estimate of drug-likeness (QED) is 0.584. The maximum absolute atomic E-state index is 12.3. The number of hydrogen-bond acceptors (Lipinski definition) is 4. The van der Waals surface area contributed by atoms with Crippen LogP contribution in [0.1, 0.15) is 30.1 Å². The minimum atomic E-state index is -0.331. The van der Waals surface area contributed by atoms with Crippen LogP contribution in [-0.4, -0.2) is 36.0 Å². The lowest BCUT2D eigenvalue weighted by atomic mass is 10.3. The fourth-order valence-corrected chi connectivity index (χ4v) is 3.01. The van der Waals surface area contributed by atoms with Crippen LogP contribution in [0.15, 0.2) is 11.4 Å². The molecule has 0 aromatic carbocycles. The molecule has 0 saturated heterocycles. The largest absolute Gasteiger partial charge is 0.465 e.